The van der Waals surface area contributed by atoms with E-state index in [1.165, 1.54) is 37.7 Å². The first-order valence-electron chi connectivity index (χ1n) is 9.92. The van der Waals surface area contributed by atoms with E-state index in [9.17, 15) is 9.90 Å². The van der Waals surface area contributed by atoms with Gasteiger partial charge in [0.2, 0.25) is 6.29 Å². The molecule has 2 saturated carbocycles. The molecule has 4 rings (SSSR count). The van der Waals surface area contributed by atoms with E-state index >= 15 is 0 Å². The van der Waals surface area contributed by atoms with Gasteiger partial charge in [-0.1, -0.05) is 39.3 Å². The topological polar surface area (TPSA) is 55.8 Å². The van der Waals surface area contributed by atoms with Crippen LogP contribution in [0.3, 0.4) is 0 Å². The molecule has 4 aliphatic rings. The average molecular weight is 348 g/mol. The number of carbonyl (C=O) groups is 1. The molecule has 0 aromatic heterocycles. The fourth-order valence-corrected chi connectivity index (χ4v) is 6.99. The number of fused-ring (bicyclic) bond motifs is 2. The maximum Gasteiger partial charge on any atom is 0.308 e. The van der Waals surface area contributed by atoms with Crippen molar-refractivity contribution in [2.45, 2.75) is 71.7 Å². The summed E-state index contributed by atoms with van der Waals surface area (Å²) in [5.74, 6) is 1.05. The Morgan fingerprint density at radius 1 is 1.28 bits per heavy atom. The first kappa shape index (κ1) is 17.5. The van der Waals surface area contributed by atoms with Crippen LogP contribution in [0, 0.1) is 34.5 Å². The molecule has 2 saturated heterocycles. The second-order valence-corrected chi connectivity index (χ2v) is 9.71. The van der Waals surface area contributed by atoms with Gasteiger partial charge in [-0.15, -0.1) is 0 Å². The van der Waals surface area contributed by atoms with Crippen LogP contribution in [0.5, 0.6) is 0 Å². The molecule has 0 aromatic carbocycles. The highest BCUT2D eigenvalue weighted by Crippen LogP contribution is 2.64. The maximum absolute atomic E-state index is 11.7. The van der Waals surface area contributed by atoms with Crippen LogP contribution in [0.15, 0.2) is 12.2 Å². The summed E-state index contributed by atoms with van der Waals surface area (Å²) >= 11 is 0. The van der Waals surface area contributed by atoms with Crippen molar-refractivity contribution in [1.82, 2.24) is 0 Å². The van der Waals surface area contributed by atoms with Crippen LogP contribution in [0.2, 0.25) is 0 Å². The number of carbonyl (C=O) groups excluding carboxylic acids is 1. The van der Waals surface area contributed by atoms with Gasteiger partial charge >= 0.3 is 5.97 Å². The summed E-state index contributed by atoms with van der Waals surface area (Å²) in [5, 5.41) is 9.82. The molecule has 0 unspecified atom stereocenters. The van der Waals surface area contributed by atoms with Gasteiger partial charge in [0.25, 0.3) is 0 Å². The van der Waals surface area contributed by atoms with Crippen molar-refractivity contribution in [3.8, 4) is 0 Å². The summed E-state index contributed by atoms with van der Waals surface area (Å²) in [6.45, 7) is 11.8. The highest BCUT2D eigenvalue weighted by atomic mass is 16.7. The number of ether oxygens (including phenoxy) is 2. The van der Waals surface area contributed by atoms with Crippen molar-refractivity contribution in [3.05, 3.63) is 12.2 Å². The van der Waals surface area contributed by atoms with Gasteiger partial charge < -0.3 is 14.6 Å². The van der Waals surface area contributed by atoms with Gasteiger partial charge in [-0.25, -0.2) is 0 Å². The fourth-order valence-electron chi connectivity index (χ4n) is 6.99. The van der Waals surface area contributed by atoms with Gasteiger partial charge in [0.1, 0.15) is 0 Å². The third-order valence-corrected chi connectivity index (χ3v) is 8.04. The lowest BCUT2D eigenvalue weighted by atomic mass is 9.54. The molecular weight excluding hydrogens is 316 g/mol. The van der Waals surface area contributed by atoms with Crippen LogP contribution in [-0.4, -0.2) is 30.1 Å². The van der Waals surface area contributed by atoms with Crippen molar-refractivity contribution >= 4 is 5.97 Å². The van der Waals surface area contributed by atoms with Gasteiger partial charge in [0, 0.05) is 11.8 Å². The Labute approximate surface area is 151 Å². The summed E-state index contributed by atoms with van der Waals surface area (Å²) in [5.41, 5.74) is 1.87. The van der Waals surface area contributed by atoms with Crippen LogP contribution in [0.4, 0.5) is 0 Å². The van der Waals surface area contributed by atoms with Crippen LogP contribution in [0.1, 0.15) is 59.3 Å². The highest BCUT2D eigenvalue weighted by Gasteiger charge is 2.58. The maximum atomic E-state index is 11.7. The smallest absolute Gasteiger partial charge is 0.308 e. The molecule has 0 aromatic rings. The fraction of sp³-hybridized carbons (Fsp3) is 0.857. The molecule has 25 heavy (non-hydrogen) atoms. The zero-order valence-electron chi connectivity index (χ0n) is 15.8. The van der Waals surface area contributed by atoms with Crippen LogP contribution < -0.4 is 0 Å². The Morgan fingerprint density at radius 3 is 2.76 bits per heavy atom. The number of esters is 1. The first-order chi connectivity index (χ1) is 11.8. The quantitative estimate of drug-likeness (QED) is 0.624. The van der Waals surface area contributed by atoms with Gasteiger partial charge in [0.15, 0.2) is 0 Å². The van der Waals surface area contributed by atoms with E-state index in [1.807, 2.05) is 0 Å². The van der Waals surface area contributed by atoms with Crippen molar-refractivity contribution in [3.63, 3.8) is 0 Å². The van der Waals surface area contributed by atoms with E-state index in [4.69, 9.17) is 9.47 Å². The number of rotatable bonds is 3. The molecule has 2 aliphatic heterocycles. The van der Waals surface area contributed by atoms with Gasteiger partial charge in [-0.3, -0.25) is 4.79 Å². The standard InChI is InChI=1S/C21H32O4/c1-12(18-13-10-17(23)25-19(13)24-15(18)11-22)14-6-7-16-20(2,3)8-5-9-21(14,16)4/h13-16,18-19,22H,1,5-11H2,2-4H3/t13-,14-,15-,16+,18+,19-,21-/m1/s1. The minimum Gasteiger partial charge on any atom is -0.435 e. The third kappa shape index (κ3) is 2.51. The van der Waals surface area contributed by atoms with Gasteiger partial charge in [0.05, 0.1) is 19.1 Å². The van der Waals surface area contributed by atoms with Crippen molar-refractivity contribution in [1.29, 1.82) is 0 Å². The van der Waals surface area contributed by atoms with Gasteiger partial charge in [-0.05, 0) is 48.3 Å². The highest BCUT2D eigenvalue weighted by molar-refractivity contribution is 5.72. The molecule has 2 aliphatic carbocycles. The minimum absolute atomic E-state index is 0.0244. The van der Waals surface area contributed by atoms with E-state index in [2.05, 4.69) is 27.4 Å². The number of aliphatic hydroxyl groups excluding tert-OH is 1. The van der Waals surface area contributed by atoms with E-state index in [0.29, 0.717) is 17.8 Å². The average Bonchev–Trinajstić information content (AvgIpc) is 3.15. The van der Waals surface area contributed by atoms with E-state index in [0.717, 1.165) is 5.92 Å². The molecule has 0 amide bonds. The Morgan fingerprint density at radius 2 is 2.04 bits per heavy atom. The lowest BCUT2D eigenvalue weighted by molar-refractivity contribution is -0.166. The van der Waals surface area contributed by atoms with Gasteiger partial charge in [-0.2, -0.15) is 0 Å². The van der Waals surface area contributed by atoms with E-state index in [-0.39, 0.29) is 35.9 Å². The molecule has 0 bridgehead atoms. The van der Waals surface area contributed by atoms with Crippen molar-refractivity contribution in [2.24, 2.45) is 34.5 Å². The summed E-state index contributed by atoms with van der Waals surface area (Å²) in [6.07, 6.45) is 5.90. The van der Waals surface area contributed by atoms with Crippen LogP contribution >= 0.6 is 0 Å². The van der Waals surface area contributed by atoms with E-state index in [1.54, 1.807) is 0 Å². The molecular formula is C21H32O4. The summed E-state index contributed by atoms with van der Waals surface area (Å²) in [7, 11) is 0. The monoisotopic (exact) mass is 348 g/mol. The zero-order valence-corrected chi connectivity index (χ0v) is 15.8. The molecule has 140 valence electrons. The van der Waals surface area contributed by atoms with E-state index < -0.39 is 6.29 Å². The second-order valence-electron chi connectivity index (χ2n) is 9.71. The molecule has 1 N–H and O–H groups in total. The molecule has 0 radical (unpaired) electrons. The lowest BCUT2D eigenvalue weighted by Crippen LogP contribution is -2.43. The SMILES string of the molecule is C=C([C@H]1[C@H]2CC(=O)O[C@H]2O[C@@H]1CO)[C@H]1CC[C@H]2C(C)(C)CCC[C@]12C. The van der Waals surface area contributed by atoms with Crippen LogP contribution in [0.25, 0.3) is 0 Å². The summed E-state index contributed by atoms with van der Waals surface area (Å²) in [6, 6.07) is 0. The molecule has 4 heteroatoms. The Kier molecular flexibility index (Phi) is 4.08. The number of hydrogen-bond donors (Lipinski definition) is 1. The minimum atomic E-state index is -0.487. The first-order valence-corrected chi connectivity index (χ1v) is 9.92. The van der Waals surface area contributed by atoms with Crippen LogP contribution in [-0.2, 0) is 14.3 Å². The molecule has 2 heterocycles. The number of aliphatic hydroxyl groups is 1. The Balaban J connectivity index is 1.61. The molecule has 4 fully saturated rings. The second kappa shape index (κ2) is 5.82. The summed E-state index contributed by atoms with van der Waals surface area (Å²) < 4.78 is 11.2. The van der Waals surface area contributed by atoms with Crippen molar-refractivity contribution < 1.29 is 19.4 Å². The predicted octanol–water partition coefficient (Wildman–Crippen LogP) is 3.68. The zero-order chi connectivity index (χ0) is 18.0. The van der Waals surface area contributed by atoms with Crippen molar-refractivity contribution in [2.75, 3.05) is 6.61 Å². The molecule has 0 spiro atoms. The number of hydrogen-bond acceptors (Lipinski definition) is 4. The molecule has 7 atom stereocenters. The lowest BCUT2D eigenvalue weighted by Gasteiger charge is -2.50. The summed E-state index contributed by atoms with van der Waals surface area (Å²) in [4.78, 5) is 11.7. The Hall–Kier alpha value is -0.870. The normalized spacial score (nSPS) is 48.1. The third-order valence-electron chi connectivity index (χ3n) is 8.04. The largest absolute Gasteiger partial charge is 0.435 e. The predicted molar refractivity (Wildman–Crippen MR) is 94.5 cm³/mol. The Bertz CT molecular complexity index is 582. The molecule has 4 nitrogen and oxygen atoms in total.